The minimum Gasteiger partial charge on any atom is -0.309 e. The first-order valence-corrected chi connectivity index (χ1v) is 20.3. The molecule has 0 bridgehead atoms. The predicted octanol–water partition coefficient (Wildman–Crippen LogP) is 15.2. The molecule has 0 fully saturated rings. The van der Waals surface area contributed by atoms with Gasteiger partial charge in [-0.3, -0.25) is 0 Å². The minimum absolute atomic E-state index is 1.14. The summed E-state index contributed by atoms with van der Waals surface area (Å²) < 4.78 is 7.52. The molecule has 9 aromatic carbocycles. The largest absolute Gasteiger partial charge is 0.309 e. The molecule has 0 aliphatic heterocycles. The lowest BCUT2D eigenvalue weighted by Crippen LogP contribution is -1.97. The number of thiophene rings is 1. The van der Waals surface area contributed by atoms with Crippen LogP contribution in [0.2, 0.25) is 0 Å². The molecule has 0 spiro atoms. The fourth-order valence-corrected chi connectivity index (χ4v) is 10.3. The van der Waals surface area contributed by atoms with E-state index < -0.39 is 0 Å². The Morgan fingerprint density at radius 3 is 1.46 bits per heavy atom. The van der Waals surface area contributed by atoms with E-state index in [2.05, 4.69) is 215 Å². The number of hydrogen-bond acceptors (Lipinski definition) is 1. The zero-order valence-corrected chi connectivity index (χ0v) is 31.7. The van der Waals surface area contributed by atoms with Gasteiger partial charge < -0.3 is 9.13 Å². The van der Waals surface area contributed by atoms with Crippen molar-refractivity contribution in [3.63, 3.8) is 0 Å². The van der Waals surface area contributed by atoms with Crippen LogP contribution in [0, 0.1) is 0 Å². The Morgan fingerprint density at radius 2 is 0.772 bits per heavy atom. The van der Waals surface area contributed by atoms with Crippen molar-refractivity contribution in [2.75, 3.05) is 0 Å². The van der Waals surface area contributed by atoms with Gasteiger partial charge in [0, 0.05) is 53.1 Å². The summed E-state index contributed by atoms with van der Waals surface area (Å²) >= 11 is 1.88. The number of hydrogen-bond donors (Lipinski definition) is 0. The lowest BCUT2D eigenvalue weighted by atomic mass is 9.96. The monoisotopic (exact) mass is 742 g/mol. The zero-order valence-electron chi connectivity index (χ0n) is 30.9. The quantitative estimate of drug-likeness (QED) is 0.166. The van der Waals surface area contributed by atoms with Gasteiger partial charge in [-0.1, -0.05) is 152 Å². The van der Waals surface area contributed by atoms with E-state index in [0.717, 1.165) is 11.4 Å². The fraction of sp³-hybridized carbons (Fsp3) is 0. The van der Waals surface area contributed by atoms with Crippen LogP contribution in [-0.2, 0) is 0 Å². The number of para-hydroxylation sites is 3. The van der Waals surface area contributed by atoms with Crippen molar-refractivity contribution in [3.8, 4) is 44.8 Å². The second-order valence-electron chi connectivity index (χ2n) is 14.9. The number of fused-ring (bicyclic) bond motifs is 9. The molecule has 2 nitrogen and oxygen atoms in total. The highest BCUT2D eigenvalue weighted by Gasteiger charge is 2.17. The van der Waals surface area contributed by atoms with E-state index in [9.17, 15) is 0 Å². The van der Waals surface area contributed by atoms with Gasteiger partial charge in [-0.25, -0.2) is 0 Å². The molecule has 0 atom stereocenters. The molecule has 12 aromatic rings. The molecule has 3 heterocycles. The van der Waals surface area contributed by atoms with Gasteiger partial charge in [0.2, 0.25) is 0 Å². The lowest BCUT2D eigenvalue weighted by Gasteiger charge is -2.13. The maximum Gasteiger partial charge on any atom is 0.0561 e. The van der Waals surface area contributed by atoms with Gasteiger partial charge in [0.25, 0.3) is 0 Å². The van der Waals surface area contributed by atoms with Crippen molar-refractivity contribution in [2.45, 2.75) is 0 Å². The summed E-state index contributed by atoms with van der Waals surface area (Å²) in [6, 6.07) is 75.6. The van der Waals surface area contributed by atoms with Gasteiger partial charge >= 0.3 is 0 Å². The highest BCUT2D eigenvalue weighted by atomic mass is 32.1. The smallest absolute Gasteiger partial charge is 0.0561 e. The normalized spacial score (nSPS) is 11.9. The standard InChI is InChI=1S/C54H34N2S/c1-5-22-49-43(16-1)44-17-2-6-23-50(44)55(49)41-30-31-46-45-18-3-7-24-51(45)56(52(46)34-41)40-15-10-13-38(33-40)36-28-26-35(27-29-36)37-12-9-14-39(32-37)42-20-11-21-48-47-19-4-8-25-53(47)57-54(42)48/h1-34H. The first kappa shape index (κ1) is 32.1. The van der Waals surface area contributed by atoms with Crippen LogP contribution in [0.4, 0.5) is 0 Å². The minimum atomic E-state index is 1.14. The Balaban J connectivity index is 0.935. The van der Waals surface area contributed by atoms with E-state index in [0.29, 0.717) is 0 Å². The number of aromatic nitrogens is 2. The molecule has 0 aliphatic rings. The van der Waals surface area contributed by atoms with E-state index in [1.165, 1.54) is 97.2 Å². The third-order valence-electron chi connectivity index (χ3n) is 11.7. The highest BCUT2D eigenvalue weighted by Crippen LogP contribution is 2.41. The van der Waals surface area contributed by atoms with Crippen molar-refractivity contribution < 1.29 is 0 Å². The second kappa shape index (κ2) is 12.7. The molecule has 0 radical (unpaired) electrons. The number of nitrogens with zero attached hydrogens (tertiary/aromatic N) is 2. The fourth-order valence-electron chi connectivity index (χ4n) is 9.10. The maximum atomic E-state index is 2.43. The molecular weight excluding hydrogens is 709 g/mol. The van der Waals surface area contributed by atoms with Crippen LogP contribution in [0.5, 0.6) is 0 Å². The van der Waals surface area contributed by atoms with E-state index in [-0.39, 0.29) is 0 Å². The van der Waals surface area contributed by atoms with E-state index in [1.807, 2.05) is 11.3 Å². The molecule has 12 rings (SSSR count). The third-order valence-corrected chi connectivity index (χ3v) is 12.9. The van der Waals surface area contributed by atoms with Gasteiger partial charge in [-0.15, -0.1) is 11.3 Å². The summed E-state index contributed by atoms with van der Waals surface area (Å²) in [6.45, 7) is 0. The van der Waals surface area contributed by atoms with Gasteiger partial charge in [-0.2, -0.15) is 0 Å². The zero-order chi connectivity index (χ0) is 37.5. The van der Waals surface area contributed by atoms with Gasteiger partial charge in [0.15, 0.2) is 0 Å². The Morgan fingerprint density at radius 1 is 0.281 bits per heavy atom. The molecule has 3 aromatic heterocycles. The molecule has 0 N–H and O–H groups in total. The lowest BCUT2D eigenvalue weighted by molar-refractivity contribution is 1.15. The van der Waals surface area contributed by atoms with Crippen LogP contribution in [0.15, 0.2) is 206 Å². The molecule has 0 saturated heterocycles. The first-order chi connectivity index (χ1) is 28.3. The summed E-state index contributed by atoms with van der Waals surface area (Å²) in [5.74, 6) is 0. The Hall–Kier alpha value is -7.20. The summed E-state index contributed by atoms with van der Waals surface area (Å²) in [6.07, 6.45) is 0. The van der Waals surface area contributed by atoms with E-state index in [4.69, 9.17) is 0 Å². The maximum absolute atomic E-state index is 2.43. The second-order valence-corrected chi connectivity index (χ2v) is 16.0. The molecule has 0 saturated carbocycles. The summed E-state index contributed by atoms with van der Waals surface area (Å²) in [5, 5.41) is 7.69. The molecular formula is C54H34N2S. The summed E-state index contributed by atoms with van der Waals surface area (Å²) in [5.41, 5.74) is 14.5. The Bertz CT molecular complexity index is 3470. The van der Waals surface area contributed by atoms with Crippen LogP contribution < -0.4 is 0 Å². The van der Waals surface area contributed by atoms with Crippen LogP contribution in [0.3, 0.4) is 0 Å². The topological polar surface area (TPSA) is 9.86 Å². The van der Waals surface area contributed by atoms with Crippen molar-refractivity contribution in [2.24, 2.45) is 0 Å². The van der Waals surface area contributed by atoms with Crippen LogP contribution in [0.25, 0.3) is 109 Å². The molecule has 0 aliphatic carbocycles. The van der Waals surface area contributed by atoms with Crippen molar-refractivity contribution >= 4 is 75.1 Å². The van der Waals surface area contributed by atoms with Crippen LogP contribution in [0.1, 0.15) is 0 Å². The Labute approximate surface area is 333 Å². The molecule has 3 heteroatoms. The van der Waals surface area contributed by atoms with E-state index >= 15 is 0 Å². The average Bonchev–Trinajstić information content (AvgIpc) is 3.94. The van der Waals surface area contributed by atoms with Gasteiger partial charge in [0.1, 0.15) is 0 Å². The van der Waals surface area contributed by atoms with Crippen molar-refractivity contribution in [1.82, 2.24) is 9.13 Å². The summed E-state index contributed by atoms with van der Waals surface area (Å²) in [7, 11) is 0. The SMILES string of the molecule is c1cc(-c2ccc(-c3cccc(-n4c5ccccc5c5ccc(-n6c7ccccc7c7ccccc76)cc54)c3)cc2)cc(-c2cccc3c2sc2ccccc23)c1. The predicted molar refractivity (Wildman–Crippen MR) is 244 cm³/mol. The Kier molecular flexibility index (Phi) is 7.13. The number of benzene rings is 9. The van der Waals surface area contributed by atoms with E-state index in [1.54, 1.807) is 0 Å². The molecule has 0 unspecified atom stereocenters. The first-order valence-electron chi connectivity index (χ1n) is 19.5. The van der Waals surface area contributed by atoms with Gasteiger partial charge in [-0.05, 0) is 88.0 Å². The molecule has 57 heavy (non-hydrogen) atoms. The summed E-state index contributed by atoms with van der Waals surface area (Å²) in [4.78, 5) is 0. The number of rotatable bonds is 5. The molecule has 0 amide bonds. The van der Waals surface area contributed by atoms with Crippen LogP contribution in [-0.4, -0.2) is 9.13 Å². The molecule has 266 valence electrons. The van der Waals surface area contributed by atoms with Gasteiger partial charge in [0.05, 0.1) is 22.1 Å². The van der Waals surface area contributed by atoms with Crippen molar-refractivity contribution in [1.29, 1.82) is 0 Å². The van der Waals surface area contributed by atoms with Crippen molar-refractivity contribution in [3.05, 3.63) is 206 Å². The third kappa shape index (κ3) is 5.03. The van der Waals surface area contributed by atoms with Crippen LogP contribution >= 0.6 is 11.3 Å². The highest BCUT2D eigenvalue weighted by molar-refractivity contribution is 7.26. The average molecular weight is 743 g/mol.